The number of carbonyl (C=O) groups is 3. The fraction of sp³-hybridized carbons (Fsp3) is 0.300. The minimum atomic E-state index is -1.02. The summed E-state index contributed by atoms with van der Waals surface area (Å²) in [6.45, 7) is 1.67. The summed E-state index contributed by atoms with van der Waals surface area (Å²) in [4.78, 5) is 38.6. The highest BCUT2D eigenvalue weighted by molar-refractivity contribution is 8.04. The summed E-state index contributed by atoms with van der Waals surface area (Å²) in [5.74, 6) is -3.66. The molecule has 1 fully saturated rings. The van der Waals surface area contributed by atoms with Gasteiger partial charge in [-0.05, 0) is 24.6 Å². The number of esters is 2. The van der Waals surface area contributed by atoms with Crippen LogP contribution in [0.5, 0.6) is 0 Å². The van der Waals surface area contributed by atoms with Crippen molar-refractivity contribution in [3.63, 3.8) is 0 Å². The van der Waals surface area contributed by atoms with Crippen LogP contribution < -0.4 is 5.73 Å². The molecule has 2 aliphatic heterocycles. The predicted molar refractivity (Wildman–Crippen MR) is 104 cm³/mol. The third kappa shape index (κ3) is 3.64. The lowest BCUT2D eigenvalue weighted by molar-refractivity contribution is -0.142. The molecule has 0 spiro atoms. The Kier molecular flexibility index (Phi) is 6.12. The first-order valence-electron chi connectivity index (χ1n) is 8.97. The summed E-state index contributed by atoms with van der Waals surface area (Å²) < 4.78 is 23.7. The largest absolute Gasteiger partial charge is 0.469 e. The van der Waals surface area contributed by atoms with Crippen LogP contribution >= 0.6 is 11.8 Å². The van der Waals surface area contributed by atoms with Gasteiger partial charge in [0.1, 0.15) is 16.9 Å². The molecule has 1 saturated heterocycles. The number of rotatable bonds is 5. The zero-order valence-electron chi connectivity index (χ0n) is 16.2. The third-order valence-corrected chi connectivity index (χ3v) is 5.93. The van der Waals surface area contributed by atoms with E-state index in [9.17, 15) is 24.0 Å². The van der Waals surface area contributed by atoms with Crippen molar-refractivity contribution in [3.05, 3.63) is 57.6 Å². The molecule has 10 heteroatoms. The molecule has 1 amide bonds. The summed E-state index contributed by atoms with van der Waals surface area (Å²) in [7, 11) is 1.20. The molecule has 0 aromatic heterocycles. The Bertz CT molecular complexity index is 1030. The predicted octanol–water partition coefficient (Wildman–Crippen LogP) is 1.90. The quantitative estimate of drug-likeness (QED) is 0.702. The maximum absolute atomic E-state index is 13.9. The van der Waals surface area contributed by atoms with E-state index >= 15 is 0 Å². The summed E-state index contributed by atoms with van der Waals surface area (Å²) in [5.41, 5.74) is 6.38. The summed E-state index contributed by atoms with van der Waals surface area (Å²) in [6, 6.07) is 7.37. The number of hydrogen-bond donors (Lipinski definition) is 1. The van der Waals surface area contributed by atoms with Gasteiger partial charge in [0.2, 0.25) is 5.91 Å². The monoisotopic (exact) mass is 431 g/mol. The first kappa shape index (κ1) is 21.4. The second-order valence-corrected chi connectivity index (χ2v) is 7.59. The van der Waals surface area contributed by atoms with E-state index in [4.69, 9.17) is 10.5 Å². The minimum absolute atomic E-state index is 0.00100. The summed E-state index contributed by atoms with van der Waals surface area (Å²) >= 11 is 0.965. The van der Waals surface area contributed by atoms with Crippen LogP contribution in [-0.2, 0) is 23.9 Å². The van der Waals surface area contributed by atoms with Crippen molar-refractivity contribution in [3.8, 4) is 6.07 Å². The van der Waals surface area contributed by atoms with E-state index in [0.717, 1.165) is 16.7 Å². The molecule has 1 aromatic rings. The van der Waals surface area contributed by atoms with E-state index in [2.05, 4.69) is 4.74 Å². The number of nitrogens with two attached hydrogens (primary N) is 1. The molecule has 2 aliphatic rings. The molecule has 8 nitrogen and oxygen atoms in total. The topological polar surface area (TPSA) is 123 Å². The number of halogens is 1. The smallest absolute Gasteiger partial charge is 0.337 e. The number of methoxy groups -OCH3 is 1. The van der Waals surface area contributed by atoms with Gasteiger partial charge in [-0.3, -0.25) is 14.5 Å². The third-order valence-electron chi connectivity index (χ3n) is 4.65. The molecule has 0 unspecified atom stereocenters. The zero-order chi connectivity index (χ0) is 22.0. The van der Waals surface area contributed by atoms with Crippen molar-refractivity contribution in [1.29, 1.82) is 5.26 Å². The number of benzene rings is 1. The molecule has 2 heterocycles. The lowest BCUT2D eigenvalue weighted by Gasteiger charge is -2.31. The van der Waals surface area contributed by atoms with Crippen molar-refractivity contribution >= 4 is 29.6 Å². The Morgan fingerprint density at radius 2 is 2.13 bits per heavy atom. The van der Waals surface area contributed by atoms with E-state index in [1.807, 2.05) is 6.07 Å². The second-order valence-electron chi connectivity index (χ2n) is 6.40. The van der Waals surface area contributed by atoms with Crippen LogP contribution in [0.25, 0.3) is 0 Å². The number of fused-ring (bicyclic) bond motifs is 1. The Hall–Kier alpha value is -3.32. The van der Waals surface area contributed by atoms with Gasteiger partial charge in [0, 0.05) is 0 Å². The molecule has 156 valence electrons. The highest BCUT2D eigenvalue weighted by Crippen LogP contribution is 2.50. The highest BCUT2D eigenvalue weighted by Gasteiger charge is 2.49. The number of hydrogen-bond acceptors (Lipinski definition) is 8. The number of thioether (sulfide) groups is 1. The number of amides is 1. The van der Waals surface area contributed by atoms with E-state index in [-0.39, 0.29) is 35.0 Å². The Balaban J connectivity index is 2.21. The van der Waals surface area contributed by atoms with Gasteiger partial charge in [-0.2, -0.15) is 5.26 Å². The molecule has 0 saturated carbocycles. The van der Waals surface area contributed by atoms with Crippen molar-refractivity contribution in [2.45, 2.75) is 24.5 Å². The van der Waals surface area contributed by atoms with E-state index in [1.165, 1.54) is 25.3 Å². The van der Waals surface area contributed by atoms with Crippen LogP contribution in [0.3, 0.4) is 0 Å². The molecule has 0 radical (unpaired) electrons. The molecule has 0 bridgehead atoms. The number of nitrogens with zero attached hydrogens (tertiary/aromatic N) is 2. The highest BCUT2D eigenvalue weighted by atomic mass is 32.2. The molecule has 2 atom stereocenters. The minimum Gasteiger partial charge on any atom is -0.469 e. The Morgan fingerprint density at radius 1 is 1.40 bits per heavy atom. The number of ether oxygens (including phenoxy) is 2. The van der Waals surface area contributed by atoms with Crippen LogP contribution in [-0.4, -0.2) is 41.7 Å². The molecule has 0 aliphatic carbocycles. The Morgan fingerprint density at radius 3 is 2.73 bits per heavy atom. The average molecular weight is 431 g/mol. The molecule has 2 N–H and O–H groups in total. The fourth-order valence-electron chi connectivity index (χ4n) is 3.35. The van der Waals surface area contributed by atoms with Gasteiger partial charge >= 0.3 is 11.9 Å². The lowest BCUT2D eigenvalue weighted by Crippen LogP contribution is -2.38. The number of nitriles is 1. The standard InChI is InChI=1S/C20H18FN3O5S/c1-3-29-20(27)16-15(10-5-4-6-11(21)7-10)12(9-22)17(23)24-18(26)13(30-19(16)24)8-14(25)28-2/h4-7,13,15H,3,8,23H2,1-2H3/t13-,15+/m0/s1. The van der Waals surface area contributed by atoms with E-state index in [1.54, 1.807) is 13.0 Å². The molecular formula is C20H18FN3O5S. The SMILES string of the molecule is CCOC(=O)C1=C2S[C@@H](CC(=O)OC)C(=O)N2C(N)=C(C#N)[C@H]1c1cccc(F)c1. The Labute approximate surface area is 176 Å². The van der Waals surface area contributed by atoms with Gasteiger partial charge in [-0.25, -0.2) is 9.18 Å². The molecule has 30 heavy (non-hydrogen) atoms. The molecular weight excluding hydrogens is 413 g/mol. The van der Waals surface area contributed by atoms with Gasteiger partial charge in [-0.15, -0.1) is 0 Å². The maximum atomic E-state index is 13.9. The van der Waals surface area contributed by atoms with Crippen LogP contribution in [0.1, 0.15) is 24.8 Å². The summed E-state index contributed by atoms with van der Waals surface area (Å²) in [5, 5.41) is 9.05. The average Bonchev–Trinajstić information content (AvgIpc) is 3.03. The first-order valence-corrected chi connectivity index (χ1v) is 9.85. The van der Waals surface area contributed by atoms with Gasteiger partial charge in [-0.1, -0.05) is 23.9 Å². The maximum Gasteiger partial charge on any atom is 0.337 e. The summed E-state index contributed by atoms with van der Waals surface area (Å²) in [6.07, 6.45) is -0.240. The van der Waals surface area contributed by atoms with Crippen molar-refractivity contribution in [2.75, 3.05) is 13.7 Å². The van der Waals surface area contributed by atoms with Crippen LogP contribution in [0.15, 0.2) is 46.3 Å². The molecule has 3 rings (SSSR count). The van der Waals surface area contributed by atoms with Crippen molar-refractivity contribution < 1.29 is 28.2 Å². The first-order chi connectivity index (χ1) is 14.3. The number of carbonyl (C=O) groups excluding carboxylic acids is 3. The molecule has 1 aromatic carbocycles. The van der Waals surface area contributed by atoms with Gasteiger partial charge in [0.05, 0.1) is 48.3 Å². The van der Waals surface area contributed by atoms with Crippen LogP contribution in [0.4, 0.5) is 4.39 Å². The van der Waals surface area contributed by atoms with Gasteiger partial charge in [0.25, 0.3) is 0 Å². The van der Waals surface area contributed by atoms with Crippen molar-refractivity contribution in [1.82, 2.24) is 4.90 Å². The van der Waals surface area contributed by atoms with Crippen molar-refractivity contribution in [2.24, 2.45) is 5.73 Å². The fourth-order valence-corrected chi connectivity index (χ4v) is 4.67. The zero-order valence-corrected chi connectivity index (χ0v) is 17.0. The van der Waals surface area contributed by atoms with Crippen LogP contribution in [0, 0.1) is 17.1 Å². The second kappa shape index (κ2) is 8.59. The van der Waals surface area contributed by atoms with Gasteiger partial charge in [0.15, 0.2) is 0 Å². The van der Waals surface area contributed by atoms with Gasteiger partial charge < -0.3 is 15.2 Å². The van der Waals surface area contributed by atoms with E-state index < -0.39 is 34.8 Å². The van der Waals surface area contributed by atoms with E-state index in [0.29, 0.717) is 5.56 Å². The normalized spacial score (nSPS) is 20.7. The number of allylic oxidation sites excluding steroid dienone is 1. The lowest BCUT2D eigenvalue weighted by atomic mass is 9.83. The van der Waals surface area contributed by atoms with Crippen LogP contribution in [0.2, 0.25) is 0 Å².